The van der Waals surface area contributed by atoms with E-state index in [9.17, 15) is 14.4 Å². The van der Waals surface area contributed by atoms with Crippen LogP contribution in [0.25, 0.3) is 10.4 Å². The van der Waals surface area contributed by atoms with Crippen molar-refractivity contribution < 1.29 is 23.9 Å². The molecule has 26 heavy (non-hydrogen) atoms. The van der Waals surface area contributed by atoms with Gasteiger partial charge in [0.25, 0.3) is 5.91 Å². The first kappa shape index (κ1) is 17.9. The molecule has 0 unspecified atom stereocenters. The second-order valence-corrected chi connectivity index (χ2v) is 6.86. The minimum Gasteiger partial charge on any atom is -0.497 e. The average molecular weight is 374 g/mol. The third-order valence-electron chi connectivity index (χ3n) is 4.03. The topological polar surface area (TPSA) is 108 Å². The fourth-order valence-electron chi connectivity index (χ4n) is 2.78. The van der Waals surface area contributed by atoms with Crippen LogP contribution in [0.2, 0.25) is 0 Å². The molecule has 0 bridgehead atoms. The lowest BCUT2D eigenvalue weighted by Crippen LogP contribution is -2.35. The summed E-state index contributed by atoms with van der Waals surface area (Å²) in [7, 11) is 1.63. The Kier molecular flexibility index (Phi) is 5.22. The van der Waals surface area contributed by atoms with Gasteiger partial charge in [-0.25, -0.2) is 4.79 Å². The molecule has 1 aromatic carbocycles. The number of thiophene rings is 1. The van der Waals surface area contributed by atoms with E-state index in [2.05, 4.69) is 5.32 Å². The molecule has 136 valence electrons. The van der Waals surface area contributed by atoms with Crippen LogP contribution in [0.1, 0.15) is 20.8 Å². The van der Waals surface area contributed by atoms with Gasteiger partial charge in [-0.15, -0.1) is 11.3 Å². The number of rotatable bonds is 6. The molecule has 8 heteroatoms. The van der Waals surface area contributed by atoms with Gasteiger partial charge in [0, 0.05) is 4.88 Å². The monoisotopic (exact) mass is 374 g/mol. The number of hydrogen-bond acceptors (Lipinski definition) is 6. The molecule has 7 nitrogen and oxygen atoms in total. The Bertz CT molecular complexity index is 874. The van der Waals surface area contributed by atoms with Gasteiger partial charge in [-0.2, -0.15) is 0 Å². The first-order valence-electron chi connectivity index (χ1n) is 8.00. The smallest absolute Gasteiger partial charge is 0.348 e. The van der Waals surface area contributed by atoms with E-state index >= 15 is 0 Å². The van der Waals surface area contributed by atoms with Gasteiger partial charge in [0.1, 0.15) is 10.6 Å². The Morgan fingerprint density at radius 3 is 2.69 bits per heavy atom. The van der Waals surface area contributed by atoms with Gasteiger partial charge in [-0.3, -0.25) is 9.59 Å². The molecule has 2 aromatic rings. The summed E-state index contributed by atoms with van der Waals surface area (Å²) < 4.78 is 10.3. The van der Waals surface area contributed by atoms with Crippen molar-refractivity contribution in [1.29, 1.82) is 0 Å². The van der Waals surface area contributed by atoms with Crippen molar-refractivity contribution >= 4 is 29.1 Å². The fraction of sp³-hybridized carbons (Fsp3) is 0.278. The molecule has 0 saturated carbocycles. The number of hydrogen-bond donors (Lipinski definition) is 2. The quantitative estimate of drug-likeness (QED) is 0.741. The Morgan fingerprint density at radius 2 is 1.96 bits per heavy atom. The third-order valence-corrected chi connectivity index (χ3v) is 5.22. The van der Waals surface area contributed by atoms with E-state index in [0.29, 0.717) is 4.88 Å². The average Bonchev–Trinajstić information content (AvgIpc) is 3.08. The van der Waals surface area contributed by atoms with Crippen LogP contribution >= 0.6 is 11.3 Å². The first-order chi connectivity index (χ1) is 12.5. The van der Waals surface area contributed by atoms with Crippen molar-refractivity contribution in [3.8, 4) is 16.2 Å². The number of fused-ring (bicyclic) bond motifs is 3. The number of primary amides is 1. The van der Waals surface area contributed by atoms with Crippen LogP contribution in [0.5, 0.6) is 5.75 Å². The normalized spacial score (nSPS) is 11.9. The maximum atomic E-state index is 12.2. The molecule has 3 N–H and O–H groups in total. The molecular weight excluding hydrogens is 356 g/mol. The van der Waals surface area contributed by atoms with Crippen molar-refractivity contribution in [3.63, 3.8) is 0 Å². The lowest BCUT2D eigenvalue weighted by Gasteiger charge is -2.16. The van der Waals surface area contributed by atoms with Crippen LogP contribution in [0.4, 0.5) is 0 Å². The Hall–Kier alpha value is -2.87. The Morgan fingerprint density at radius 1 is 1.19 bits per heavy atom. The van der Waals surface area contributed by atoms with E-state index in [4.69, 9.17) is 15.2 Å². The van der Waals surface area contributed by atoms with Crippen LogP contribution in [0, 0.1) is 0 Å². The van der Waals surface area contributed by atoms with Crippen molar-refractivity contribution in [2.24, 2.45) is 5.73 Å². The lowest BCUT2D eigenvalue weighted by molar-refractivity contribution is -0.127. The van der Waals surface area contributed by atoms with Gasteiger partial charge in [0.2, 0.25) is 5.91 Å². The number of carbonyl (C=O) groups excluding carboxylic acids is 3. The summed E-state index contributed by atoms with van der Waals surface area (Å²) in [5.74, 6) is -0.985. The van der Waals surface area contributed by atoms with Gasteiger partial charge in [-0.1, -0.05) is 0 Å². The number of carbonyl (C=O) groups is 3. The van der Waals surface area contributed by atoms with Gasteiger partial charge in [0.05, 0.1) is 13.7 Å². The molecule has 1 aliphatic carbocycles. The molecule has 3 rings (SSSR count). The summed E-state index contributed by atoms with van der Waals surface area (Å²) >= 11 is 1.35. The molecular formula is C18H18N2O5S. The lowest BCUT2D eigenvalue weighted by atomic mass is 9.91. The van der Waals surface area contributed by atoms with Crippen molar-refractivity contribution in [1.82, 2.24) is 5.32 Å². The van der Waals surface area contributed by atoms with Gasteiger partial charge in [0.15, 0.2) is 6.61 Å². The number of amides is 2. The van der Waals surface area contributed by atoms with Crippen molar-refractivity contribution in [3.05, 3.63) is 40.3 Å². The van der Waals surface area contributed by atoms with Gasteiger partial charge in [-0.05, 0) is 53.8 Å². The number of methoxy groups -OCH3 is 1. The zero-order valence-corrected chi connectivity index (χ0v) is 15.0. The van der Waals surface area contributed by atoms with Crippen LogP contribution in [-0.4, -0.2) is 38.0 Å². The van der Waals surface area contributed by atoms with Crippen LogP contribution in [-0.2, 0) is 27.2 Å². The molecule has 0 saturated heterocycles. The van der Waals surface area contributed by atoms with Crippen LogP contribution < -0.4 is 15.8 Å². The molecule has 1 aliphatic rings. The number of benzene rings is 1. The molecule has 2 amide bonds. The fourth-order valence-corrected chi connectivity index (χ4v) is 3.94. The largest absolute Gasteiger partial charge is 0.497 e. The summed E-state index contributed by atoms with van der Waals surface area (Å²) in [6, 6.07) is 7.72. The number of esters is 1. The summed E-state index contributed by atoms with van der Waals surface area (Å²) in [4.78, 5) is 35.8. The highest BCUT2D eigenvalue weighted by Crippen LogP contribution is 2.40. The van der Waals surface area contributed by atoms with Crippen molar-refractivity contribution in [2.45, 2.75) is 12.8 Å². The third kappa shape index (κ3) is 3.85. The summed E-state index contributed by atoms with van der Waals surface area (Å²) in [6.45, 7) is -0.744. The highest BCUT2D eigenvalue weighted by Gasteiger charge is 2.23. The SMILES string of the molecule is COc1ccc2c(c1)CCc1cc(C(=O)OCC(=O)NCC(N)=O)sc1-2. The highest BCUT2D eigenvalue weighted by atomic mass is 32.1. The predicted octanol–water partition coefficient (Wildman–Crippen LogP) is 1.28. The zero-order chi connectivity index (χ0) is 18.7. The van der Waals surface area contributed by atoms with E-state index < -0.39 is 24.4 Å². The number of nitrogens with one attached hydrogen (secondary N) is 1. The van der Waals surface area contributed by atoms with E-state index in [1.165, 1.54) is 16.9 Å². The van der Waals surface area contributed by atoms with Gasteiger partial charge >= 0.3 is 5.97 Å². The van der Waals surface area contributed by atoms with E-state index in [1.54, 1.807) is 7.11 Å². The zero-order valence-electron chi connectivity index (χ0n) is 14.2. The Labute approximate surface area is 154 Å². The van der Waals surface area contributed by atoms with Crippen molar-refractivity contribution in [2.75, 3.05) is 20.3 Å². The molecule has 1 heterocycles. The predicted molar refractivity (Wildman–Crippen MR) is 96.2 cm³/mol. The van der Waals surface area contributed by atoms with Crippen LogP contribution in [0.3, 0.4) is 0 Å². The molecule has 0 fully saturated rings. The second-order valence-electron chi connectivity index (χ2n) is 5.81. The summed E-state index contributed by atoms with van der Waals surface area (Å²) in [6.07, 6.45) is 1.71. The van der Waals surface area contributed by atoms with E-state index in [-0.39, 0.29) is 6.54 Å². The van der Waals surface area contributed by atoms with Crippen LogP contribution in [0.15, 0.2) is 24.3 Å². The first-order valence-corrected chi connectivity index (χ1v) is 8.81. The molecule has 0 aliphatic heterocycles. The summed E-state index contributed by atoms with van der Waals surface area (Å²) in [5, 5.41) is 2.26. The molecule has 0 radical (unpaired) electrons. The molecule has 0 atom stereocenters. The maximum Gasteiger partial charge on any atom is 0.348 e. The minimum atomic E-state index is -0.661. The Balaban J connectivity index is 1.70. The van der Waals surface area contributed by atoms with Gasteiger partial charge < -0.3 is 20.5 Å². The molecule has 1 aromatic heterocycles. The van der Waals surface area contributed by atoms with E-state index in [0.717, 1.165) is 34.6 Å². The molecule has 0 spiro atoms. The highest BCUT2D eigenvalue weighted by molar-refractivity contribution is 7.17. The standard InChI is InChI=1S/C18H18N2O5S/c1-24-12-4-5-13-10(6-12)2-3-11-7-14(26-17(11)13)18(23)25-9-16(22)20-8-15(19)21/h4-7H,2-3,8-9H2,1H3,(H2,19,21)(H,20,22). The number of nitrogens with two attached hydrogens (primary N) is 1. The van der Waals surface area contributed by atoms with E-state index in [1.807, 2.05) is 24.3 Å². The maximum absolute atomic E-state index is 12.2. The number of ether oxygens (including phenoxy) is 2. The number of aryl methyl sites for hydroxylation is 2. The second kappa shape index (κ2) is 7.57. The minimum absolute atomic E-state index is 0.288. The summed E-state index contributed by atoms with van der Waals surface area (Å²) in [5.41, 5.74) is 8.31.